The molecule has 156 valence electrons. The van der Waals surface area contributed by atoms with Gasteiger partial charge in [-0.1, -0.05) is 47.5 Å². The van der Waals surface area contributed by atoms with Crippen LogP contribution >= 0.6 is 11.6 Å². The van der Waals surface area contributed by atoms with Crippen molar-refractivity contribution in [1.82, 2.24) is 0 Å². The predicted molar refractivity (Wildman–Crippen MR) is 117 cm³/mol. The van der Waals surface area contributed by atoms with Gasteiger partial charge in [0.2, 0.25) is 0 Å². The van der Waals surface area contributed by atoms with Crippen molar-refractivity contribution in [1.29, 1.82) is 0 Å². The van der Waals surface area contributed by atoms with E-state index >= 15 is 0 Å². The number of nitrogens with one attached hydrogen (secondary N) is 1. The molecule has 0 unspecified atom stereocenters. The summed E-state index contributed by atoms with van der Waals surface area (Å²) in [5.74, 6) is -3.23. The number of imide groups is 1. The van der Waals surface area contributed by atoms with E-state index in [1.54, 1.807) is 37.3 Å². The highest BCUT2D eigenvalue weighted by molar-refractivity contribution is 6.46. The van der Waals surface area contributed by atoms with Crippen LogP contribution in [-0.2, 0) is 9.59 Å². The zero-order chi connectivity index (χ0) is 22.3. The third-order valence-electron chi connectivity index (χ3n) is 5.09. The molecule has 0 bridgehead atoms. The summed E-state index contributed by atoms with van der Waals surface area (Å²) in [5.41, 5.74) is 2.69. The molecule has 0 radical (unpaired) electrons. The van der Waals surface area contributed by atoms with Gasteiger partial charge in [0.1, 0.15) is 5.70 Å². The first-order valence-corrected chi connectivity index (χ1v) is 9.83. The molecule has 0 saturated heterocycles. The Balaban J connectivity index is 1.85. The Morgan fingerprint density at radius 1 is 0.871 bits per heavy atom. The summed E-state index contributed by atoms with van der Waals surface area (Å²) >= 11 is 6.20. The Kier molecular flexibility index (Phi) is 5.33. The fourth-order valence-corrected chi connectivity index (χ4v) is 3.58. The van der Waals surface area contributed by atoms with E-state index in [9.17, 15) is 18.4 Å². The van der Waals surface area contributed by atoms with Crippen molar-refractivity contribution in [3.63, 3.8) is 0 Å². The second-order valence-corrected chi connectivity index (χ2v) is 7.61. The molecule has 1 aliphatic heterocycles. The standard InChI is InChI=1S/C24H17ClF2N2O2/c1-13-6-8-15(9-7-13)21-22(28-16-10-11-18(26)19(27)12-16)24(31)29(23(21)30)20-5-3-4-17(25)14(20)2/h3-12,28H,1-2H3. The van der Waals surface area contributed by atoms with Gasteiger partial charge >= 0.3 is 0 Å². The number of hydrogen-bond donors (Lipinski definition) is 1. The first-order valence-electron chi connectivity index (χ1n) is 9.45. The Labute approximate surface area is 182 Å². The van der Waals surface area contributed by atoms with Crippen LogP contribution in [0.5, 0.6) is 0 Å². The molecule has 0 saturated carbocycles. The lowest BCUT2D eigenvalue weighted by Crippen LogP contribution is -2.33. The summed E-state index contributed by atoms with van der Waals surface area (Å²) in [5, 5.41) is 3.23. The molecule has 0 fully saturated rings. The van der Waals surface area contributed by atoms with E-state index in [0.717, 1.165) is 22.6 Å². The molecule has 1 aliphatic rings. The number of aryl methyl sites for hydroxylation is 1. The fraction of sp³-hybridized carbons (Fsp3) is 0.0833. The molecular weight excluding hydrogens is 422 g/mol. The molecule has 7 heteroatoms. The number of halogens is 3. The quantitative estimate of drug-likeness (QED) is 0.537. The minimum Gasteiger partial charge on any atom is -0.350 e. The molecule has 1 heterocycles. The van der Waals surface area contributed by atoms with Crippen molar-refractivity contribution in [3.05, 3.63) is 99.7 Å². The van der Waals surface area contributed by atoms with Crippen molar-refractivity contribution in [2.24, 2.45) is 0 Å². The second kappa shape index (κ2) is 7.96. The van der Waals surface area contributed by atoms with Crippen molar-refractivity contribution >= 4 is 40.4 Å². The maximum atomic E-state index is 13.7. The second-order valence-electron chi connectivity index (χ2n) is 7.20. The third kappa shape index (κ3) is 3.70. The fourth-order valence-electron chi connectivity index (χ4n) is 3.41. The number of rotatable bonds is 4. The molecule has 3 aromatic rings. The van der Waals surface area contributed by atoms with E-state index in [0.29, 0.717) is 21.8 Å². The summed E-state index contributed by atoms with van der Waals surface area (Å²) in [6.07, 6.45) is 0. The van der Waals surface area contributed by atoms with E-state index in [1.165, 1.54) is 6.07 Å². The lowest BCUT2D eigenvalue weighted by molar-refractivity contribution is -0.120. The predicted octanol–water partition coefficient (Wildman–Crippen LogP) is 5.63. The molecule has 0 aliphatic carbocycles. The zero-order valence-electron chi connectivity index (χ0n) is 16.7. The third-order valence-corrected chi connectivity index (χ3v) is 5.50. The molecule has 0 aromatic heterocycles. The highest BCUT2D eigenvalue weighted by atomic mass is 35.5. The van der Waals surface area contributed by atoms with E-state index < -0.39 is 23.4 Å². The minimum atomic E-state index is -1.07. The van der Waals surface area contributed by atoms with Gasteiger partial charge in [-0.2, -0.15) is 0 Å². The molecule has 31 heavy (non-hydrogen) atoms. The SMILES string of the molecule is Cc1ccc(C2=C(Nc3ccc(F)c(F)c3)C(=O)N(c3cccc(Cl)c3C)C2=O)cc1. The smallest absolute Gasteiger partial charge is 0.282 e. The largest absolute Gasteiger partial charge is 0.350 e. The van der Waals surface area contributed by atoms with Gasteiger partial charge in [0.25, 0.3) is 11.8 Å². The maximum absolute atomic E-state index is 13.7. The minimum absolute atomic E-state index is 0.0285. The van der Waals surface area contributed by atoms with Gasteiger partial charge < -0.3 is 5.32 Å². The first kappa shape index (κ1) is 20.8. The number of nitrogens with zero attached hydrogens (tertiary/aromatic N) is 1. The van der Waals surface area contributed by atoms with Crippen molar-refractivity contribution < 1.29 is 18.4 Å². The monoisotopic (exact) mass is 438 g/mol. The van der Waals surface area contributed by atoms with Gasteiger partial charge in [-0.25, -0.2) is 13.7 Å². The average Bonchev–Trinajstić information content (AvgIpc) is 2.97. The van der Waals surface area contributed by atoms with Gasteiger partial charge in [-0.3, -0.25) is 9.59 Å². The van der Waals surface area contributed by atoms with Gasteiger partial charge in [0, 0.05) is 16.8 Å². The summed E-state index contributed by atoms with van der Waals surface area (Å²) < 4.78 is 27.1. The lowest BCUT2D eigenvalue weighted by Gasteiger charge is -2.18. The summed E-state index contributed by atoms with van der Waals surface area (Å²) in [7, 11) is 0. The lowest BCUT2D eigenvalue weighted by atomic mass is 10.0. The molecule has 3 aromatic carbocycles. The van der Waals surface area contributed by atoms with Crippen LogP contribution in [0.2, 0.25) is 5.02 Å². The number of carbonyl (C=O) groups excluding carboxylic acids is 2. The number of carbonyl (C=O) groups is 2. The van der Waals surface area contributed by atoms with Crippen molar-refractivity contribution in [2.75, 3.05) is 10.2 Å². The van der Waals surface area contributed by atoms with E-state index in [2.05, 4.69) is 5.32 Å². The topological polar surface area (TPSA) is 49.4 Å². The van der Waals surface area contributed by atoms with Crippen LogP contribution in [0.25, 0.3) is 5.57 Å². The average molecular weight is 439 g/mol. The Morgan fingerprint density at radius 3 is 2.26 bits per heavy atom. The van der Waals surface area contributed by atoms with Crippen molar-refractivity contribution in [3.8, 4) is 0 Å². The van der Waals surface area contributed by atoms with Crippen LogP contribution < -0.4 is 10.2 Å². The van der Waals surface area contributed by atoms with Gasteiger partial charge in [0.05, 0.1) is 11.3 Å². The number of hydrogen-bond acceptors (Lipinski definition) is 3. The highest BCUT2D eigenvalue weighted by Crippen LogP contribution is 2.36. The molecular formula is C24H17ClF2N2O2. The molecule has 1 N–H and O–H groups in total. The molecule has 2 amide bonds. The van der Waals surface area contributed by atoms with Gasteiger partial charge in [0.15, 0.2) is 11.6 Å². The van der Waals surface area contributed by atoms with Crippen LogP contribution in [0, 0.1) is 25.5 Å². The molecule has 4 rings (SSSR count). The molecule has 0 atom stereocenters. The molecule has 4 nitrogen and oxygen atoms in total. The number of anilines is 2. The van der Waals surface area contributed by atoms with E-state index in [4.69, 9.17) is 11.6 Å². The normalized spacial score (nSPS) is 13.9. The van der Waals surface area contributed by atoms with E-state index in [1.807, 2.05) is 19.1 Å². The highest BCUT2D eigenvalue weighted by Gasteiger charge is 2.41. The van der Waals surface area contributed by atoms with Crippen LogP contribution in [0.1, 0.15) is 16.7 Å². The van der Waals surface area contributed by atoms with Crippen LogP contribution in [0.3, 0.4) is 0 Å². The van der Waals surface area contributed by atoms with Gasteiger partial charge in [-0.15, -0.1) is 0 Å². The zero-order valence-corrected chi connectivity index (χ0v) is 17.4. The first-order chi connectivity index (χ1) is 14.8. The summed E-state index contributed by atoms with van der Waals surface area (Å²) in [6, 6.07) is 15.2. The van der Waals surface area contributed by atoms with E-state index in [-0.39, 0.29) is 17.0 Å². The summed E-state index contributed by atoms with van der Waals surface area (Å²) in [6.45, 7) is 3.62. The van der Waals surface area contributed by atoms with Gasteiger partial charge in [-0.05, 0) is 49.2 Å². The van der Waals surface area contributed by atoms with Crippen LogP contribution in [0.4, 0.5) is 20.2 Å². The van der Waals surface area contributed by atoms with Crippen molar-refractivity contribution in [2.45, 2.75) is 13.8 Å². The Hall–Kier alpha value is -3.51. The summed E-state index contributed by atoms with van der Waals surface area (Å²) in [4.78, 5) is 27.8. The van der Waals surface area contributed by atoms with Crippen LogP contribution in [-0.4, -0.2) is 11.8 Å². The van der Waals surface area contributed by atoms with Crippen LogP contribution in [0.15, 0.2) is 66.4 Å². The molecule has 0 spiro atoms. The number of benzene rings is 3. The number of amides is 2. The maximum Gasteiger partial charge on any atom is 0.282 e. The Morgan fingerprint density at radius 2 is 1.58 bits per heavy atom. The Bertz CT molecular complexity index is 1250.